The Morgan fingerprint density at radius 1 is 1.36 bits per heavy atom. The summed E-state index contributed by atoms with van der Waals surface area (Å²) in [5.74, 6) is 0. The van der Waals surface area contributed by atoms with Crippen LogP contribution in [-0.2, 0) is 0 Å². The third kappa shape index (κ3) is 1.50. The van der Waals surface area contributed by atoms with E-state index in [1.165, 1.54) is 0 Å². The molecule has 2 N–H and O–H groups in total. The van der Waals surface area contributed by atoms with Crippen LogP contribution >= 0.6 is 23.2 Å². The number of hydrogen-bond acceptors (Lipinski definition) is 1. The summed E-state index contributed by atoms with van der Waals surface area (Å²) >= 11 is 11.9. The first-order chi connectivity index (χ1) is 6.59. The van der Waals surface area contributed by atoms with Gasteiger partial charge in [-0.2, -0.15) is 0 Å². The summed E-state index contributed by atoms with van der Waals surface area (Å²) in [6.45, 7) is 1.70. The van der Waals surface area contributed by atoms with Gasteiger partial charge in [0.15, 0.2) is 0 Å². The van der Waals surface area contributed by atoms with Gasteiger partial charge in [-0.15, -0.1) is 0 Å². The predicted octanol–water partition coefficient (Wildman–Crippen LogP) is 3.53. The maximum absolute atomic E-state index is 9.49. The van der Waals surface area contributed by atoms with Crippen LogP contribution in [0.2, 0.25) is 10.0 Å². The molecule has 0 spiro atoms. The molecule has 14 heavy (non-hydrogen) atoms. The van der Waals surface area contributed by atoms with Crippen molar-refractivity contribution < 1.29 is 5.11 Å². The van der Waals surface area contributed by atoms with Crippen molar-refractivity contribution in [2.75, 3.05) is 0 Å². The lowest BCUT2D eigenvalue weighted by Crippen LogP contribution is -1.88. The van der Waals surface area contributed by atoms with Gasteiger partial charge in [0, 0.05) is 27.7 Å². The molecule has 2 rings (SSSR count). The van der Waals surface area contributed by atoms with Crippen molar-refractivity contribution >= 4 is 34.1 Å². The molecule has 74 valence electrons. The number of fused-ring (bicyclic) bond motifs is 1. The van der Waals surface area contributed by atoms with E-state index in [0.717, 1.165) is 16.5 Å². The van der Waals surface area contributed by atoms with E-state index in [9.17, 15) is 5.11 Å². The molecular weight excluding hydrogens is 221 g/mol. The molecule has 0 saturated carbocycles. The Kier molecular flexibility index (Phi) is 2.43. The van der Waals surface area contributed by atoms with Crippen LogP contribution < -0.4 is 0 Å². The van der Waals surface area contributed by atoms with Crippen molar-refractivity contribution in [2.24, 2.45) is 0 Å². The molecule has 1 aromatic heterocycles. The van der Waals surface area contributed by atoms with E-state index in [2.05, 4.69) is 4.98 Å². The molecular formula is C10H9Cl2NO. The molecule has 0 fully saturated rings. The number of nitrogens with one attached hydrogen (secondary N) is 1. The van der Waals surface area contributed by atoms with Gasteiger partial charge >= 0.3 is 0 Å². The number of aliphatic hydroxyl groups excluding tert-OH is 1. The Hall–Kier alpha value is -0.700. The average Bonchev–Trinajstić information content (AvgIpc) is 2.47. The van der Waals surface area contributed by atoms with Gasteiger partial charge in [-0.1, -0.05) is 23.2 Å². The Labute approximate surface area is 91.5 Å². The van der Waals surface area contributed by atoms with E-state index in [1.807, 2.05) is 0 Å². The average molecular weight is 230 g/mol. The number of halogens is 2. The maximum Gasteiger partial charge on any atom is 0.0783 e. The predicted molar refractivity (Wildman–Crippen MR) is 59.0 cm³/mol. The van der Waals surface area contributed by atoms with Crippen molar-refractivity contribution in [3.8, 4) is 0 Å². The first-order valence-corrected chi connectivity index (χ1v) is 4.99. The van der Waals surface area contributed by atoms with E-state index in [4.69, 9.17) is 23.2 Å². The van der Waals surface area contributed by atoms with Gasteiger partial charge < -0.3 is 10.1 Å². The third-order valence-electron chi connectivity index (χ3n) is 2.18. The number of aromatic nitrogens is 1. The number of hydrogen-bond donors (Lipinski definition) is 2. The van der Waals surface area contributed by atoms with Crippen LogP contribution in [0.1, 0.15) is 18.6 Å². The van der Waals surface area contributed by atoms with Gasteiger partial charge in [-0.3, -0.25) is 0 Å². The van der Waals surface area contributed by atoms with Gasteiger partial charge in [-0.25, -0.2) is 0 Å². The highest BCUT2D eigenvalue weighted by Crippen LogP contribution is 2.32. The highest BCUT2D eigenvalue weighted by Gasteiger charge is 2.12. The van der Waals surface area contributed by atoms with Gasteiger partial charge in [0.2, 0.25) is 0 Å². The van der Waals surface area contributed by atoms with E-state index in [1.54, 1.807) is 25.3 Å². The highest BCUT2D eigenvalue weighted by atomic mass is 35.5. The second kappa shape index (κ2) is 3.46. The second-order valence-electron chi connectivity index (χ2n) is 3.23. The summed E-state index contributed by atoms with van der Waals surface area (Å²) in [5.41, 5.74) is 1.64. The number of aromatic amines is 1. The summed E-state index contributed by atoms with van der Waals surface area (Å²) in [5, 5.41) is 11.5. The fourth-order valence-electron chi connectivity index (χ4n) is 1.54. The fraction of sp³-hybridized carbons (Fsp3) is 0.200. The molecule has 1 heterocycles. The SMILES string of the molecule is C[C@H](O)c1c[nH]c2cc(Cl)cc(Cl)c12. The molecule has 0 bridgehead atoms. The lowest BCUT2D eigenvalue weighted by Gasteiger charge is -2.03. The Morgan fingerprint density at radius 3 is 2.71 bits per heavy atom. The number of H-pyrrole nitrogens is 1. The van der Waals surface area contributed by atoms with Gasteiger partial charge in [-0.05, 0) is 19.1 Å². The zero-order valence-electron chi connectivity index (χ0n) is 7.51. The van der Waals surface area contributed by atoms with Gasteiger partial charge in [0.05, 0.1) is 11.1 Å². The van der Waals surface area contributed by atoms with Crippen LogP contribution in [-0.4, -0.2) is 10.1 Å². The van der Waals surface area contributed by atoms with Crippen LogP contribution in [0.3, 0.4) is 0 Å². The molecule has 0 aliphatic rings. The minimum absolute atomic E-state index is 0.539. The number of benzene rings is 1. The van der Waals surface area contributed by atoms with Crippen LogP contribution in [0.5, 0.6) is 0 Å². The molecule has 0 saturated heterocycles. The zero-order valence-corrected chi connectivity index (χ0v) is 9.02. The monoisotopic (exact) mass is 229 g/mol. The molecule has 0 amide bonds. The van der Waals surface area contributed by atoms with E-state index in [-0.39, 0.29) is 0 Å². The van der Waals surface area contributed by atoms with E-state index in [0.29, 0.717) is 10.0 Å². The van der Waals surface area contributed by atoms with Crippen molar-refractivity contribution in [3.05, 3.63) is 33.9 Å². The standard InChI is InChI=1S/C10H9Cl2NO/c1-5(14)7-4-13-9-3-6(11)2-8(12)10(7)9/h2-5,13-14H,1H3/t5-/m0/s1. The van der Waals surface area contributed by atoms with Crippen LogP contribution in [0.15, 0.2) is 18.3 Å². The van der Waals surface area contributed by atoms with Crippen molar-refractivity contribution in [1.82, 2.24) is 4.98 Å². The number of aliphatic hydroxyl groups is 1. The van der Waals surface area contributed by atoms with E-state index < -0.39 is 6.10 Å². The maximum atomic E-state index is 9.49. The molecule has 0 unspecified atom stereocenters. The molecule has 4 heteroatoms. The molecule has 1 atom stereocenters. The second-order valence-corrected chi connectivity index (χ2v) is 4.07. The summed E-state index contributed by atoms with van der Waals surface area (Å²) in [6.07, 6.45) is 1.21. The molecule has 1 aromatic carbocycles. The van der Waals surface area contributed by atoms with Gasteiger partial charge in [0.1, 0.15) is 0 Å². The minimum Gasteiger partial charge on any atom is -0.389 e. The third-order valence-corrected chi connectivity index (χ3v) is 2.69. The Bertz CT molecular complexity index is 476. The summed E-state index contributed by atoms with van der Waals surface area (Å²) in [6, 6.07) is 3.46. The fourth-order valence-corrected chi connectivity index (χ4v) is 2.14. The largest absolute Gasteiger partial charge is 0.389 e. The zero-order chi connectivity index (χ0) is 10.3. The topological polar surface area (TPSA) is 36.0 Å². The van der Waals surface area contributed by atoms with Crippen molar-refractivity contribution in [3.63, 3.8) is 0 Å². The first kappa shape index (κ1) is 9.84. The number of rotatable bonds is 1. The van der Waals surface area contributed by atoms with Crippen LogP contribution in [0.25, 0.3) is 10.9 Å². The van der Waals surface area contributed by atoms with Crippen molar-refractivity contribution in [1.29, 1.82) is 0 Å². The Morgan fingerprint density at radius 2 is 2.07 bits per heavy atom. The summed E-state index contributed by atoms with van der Waals surface area (Å²) in [7, 11) is 0. The highest BCUT2D eigenvalue weighted by molar-refractivity contribution is 6.38. The van der Waals surface area contributed by atoms with Crippen molar-refractivity contribution in [2.45, 2.75) is 13.0 Å². The normalized spacial score (nSPS) is 13.4. The van der Waals surface area contributed by atoms with Crippen LogP contribution in [0.4, 0.5) is 0 Å². The lowest BCUT2D eigenvalue weighted by molar-refractivity contribution is 0.201. The molecule has 0 aliphatic carbocycles. The smallest absolute Gasteiger partial charge is 0.0783 e. The van der Waals surface area contributed by atoms with Crippen LogP contribution in [0, 0.1) is 0 Å². The molecule has 0 radical (unpaired) electrons. The summed E-state index contributed by atoms with van der Waals surface area (Å²) in [4.78, 5) is 3.02. The lowest BCUT2D eigenvalue weighted by atomic mass is 10.1. The minimum atomic E-state index is -0.539. The molecule has 0 aliphatic heterocycles. The molecule has 2 nitrogen and oxygen atoms in total. The van der Waals surface area contributed by atoms with Gasteiger partial charge in [0.25, 0.3) is 0 Å². The molecule has 2 aromatic rings. The Balaban J connectivity index is 2.79. The summed E-state index contributed by atoms with van der Waals surface area (Å²) < 4.78 is 0. The van der Waals surface area contributed by atoms with E-state index >= 15 is 0 Å². The first-order valence-electron chi connectivity index (χ1n) is 4.23. The quantitative estimate of drug-likeness (QED) is 0.772.